The van der Waals surface area contributed by atoms with Gasteiger partial charge in [-0.15, -0.1) is 11.6 Å². The van der Waals surface area contributed by atoms with E-state index in [1.807, 2.05) is 68.6 Å². The second-order valence-electron chi connectivity index (χ2n) is 7.93. The van der Waals surface area contributed by atoms with Gasteiger partial charge in [0.2, 0.25) is 5.95 Å². The lowest BCUT2D eigenvalue weighted by atomic mass is 10.1. The van der Waals surface area contributed by atoms with Crippen LogP contribution in [0.4, 0.5) is 17.3 Å². The number of nitrogens with one attached hydrogen (secondary N) is 2. The molecule has 1 aromatic heterocycles. The molecule has 33 heavy (non-hydrogen) atoms. The third-order valence-corrected chi connectivity index (χ3v) is 5.71. The van der Waals surface area contributed by atoms with E-state index in [4.69, 9.17) is 11.6 Å². The van der Waals surface area contributed by atoms with Crippen molar-refractivity contribution in [1.82, 2.24) is 9.97 Å². The lowest BCUT2D eigenvalue weighted by Gasteiger charge is -2.11. The first-order chi connectivity index (χ1) is 16.0. The lowest BCUT2D eigenvalue weighted by Crippen LogP contribution is -2.13. The van der Waals surface area contributed by atoms with Gasteiger partial charge in [-0.25, -0.2) is 9.97 Å². The molecule has 0 aliphatic heterocycles. The van der Waals surface area contributed by atoms with E-state index in [2.05, 4.69) is 32.7 Å². The van der Waals surface area contributed by atoms with Gasteiger partial charge in [0.25, 0.3) is 5.91 Å². The van der Waals surface area contributed by atoms with Gasteiger partial charge in [0.1, 0.15) is 0 Å². The molecule has 166 valence electrons. The fraction of sp³-hybridized carbons (Fsp3) is 0.148. The molecule has 1 heterocycles. The van der Waals surface area contributed by atoms with E-state index in [0.29, 0.717) is 17.4 Å². The number of aryl methyl sites for hydroxylation is 2. The first-order valence-corrected chi connectivity index (χ1v) is 11.3. The Hall–Kier alpha value is -3.70. The summed E-state index contributed by atoms with van der Waals surface area (Å²) in [7, 11) is 0. The summed E-state index contributed by atoms with van der Waals surface area (Å²) in [4.78, 5) is 21.8. The van der Waals surface area contributed by atoms with Crippen molar-refractivity contribution in [1.29, 1.82) is 0 Å². The summed E-state index contributed by atoms with van der Waals surface area (Å²) in [5, 5.41) is 6.19. The Morgan fingerprint density at radius 1 is 0.909 bits per heavy atom. The highest BCUT2D eigenvalue weighted by Crippen LogP contribution is 2.21. The molecule has 0 aliphatic carbocycles. The smallest absolute Gasteiger partial charge is 0.255 e. The van der Waals surface area contributed by atoms with E-state index in [9.17, 15) is 4.79 Å². The molecule has 5 nitrogen and oxygen atoms in total. The van der Waals surface area contributed by atoms with Gasteiger partial charge in [0, 0.05) is 35.4 Å². The Balaban J connectivity index is 1.44. The maximum atomic E-state index is 12.7. The predicted molar refractivity (Wildman–Crippen MR) is 134 cm³/mol. The largest absolute Gasteiger partial charge is 0.324 e. The van der Waals surface area contributed by atoms with Crippen LogP contribution in [0.1, 0.15) is 38.3 Å². The zero-order chi connectivity index (χ0) is 23.2. The van der Waals surface area contributed by atoms with Crippen LogP contribution in [0, 0.1) is 13.8 Å². The Morgan fingerprint density at radius 2 is 1.67 bits per heavy atom. The van der Waals surface area contributed by atoms with Gasteiger partial charge in [-0.1, -0.05) is 42.5 Å². The molecule has 0 saturated carbocycles. The molecule has 0 fully saturated rings. The monoisotopic (exact) mass is 456 g/mol. The third kappa shape index (κ3) is 5.76. The minimum atomic E-state index is -0.173. The van der Waals surface area contributed by atoms with Gasteiger partial charge >= 0.3 is 0 Å². The molecule has 2 N–H and O–H groups in total. The number of amides is 1. The first-order valence-electron chi connectivity index (χ1n) is 10.7. The van der Waals surface area contributed by atoms with Crippen LogP contribution >= 0.6 is 11.6 Å². The average molecular weight is 457 g/mol. The number of nitrogens with zero attached hydrogens (tertiary/aromatic N) is 2. The lowest BCUT2D eigenvalue weighted by molar-refractivity contribution is 0.102. The fourth-order valence-electron chi connectivity index (χ4n) is 3.42. The Morgan fingerprint density at radius 3 is 2.39 bits per heavy atom. The predicted octanol–water partition coefficient (Wildman–Crippen LogP) is 6.42. The molecular weight excluding hydrogens is 432 g/mol. The maximum absolute atomic E-state index is 12.7. The summed E-state index contributed by atoms with van der Waals surface area (Å²) in [5.41, 5.74) is 7.30. The number of benzene rings is 3. The zero-order valence-corrected chi connectivity index (χ0v) is 19.4. The van der Waals surface area contributed by atoms with Crippen LogP contribution in [0.5, 0.6) is 0 Å². The highest BCUT2D eigenvalue weighted by atomic mass is 35.5. The average Bonchev–Trinajstić information content (AvgIpc) is 2.83. The molecule has 0 spiro atoms. The molecule has 1 amide bonds. The number of aromatic nitrogens is 2. The van der Waals surface area contributed by atoms with Crippen molar-refractivity contribution in [2.24, 2.45) is 0 Å². The molecule has 4 rings (SSSR count). The molecule has 6 heteroatoms. The van der Waals surface area contributed by atoms with Crippen molar-refractivity contribution >= 4 is 34.8 Å². The molecule has 0 aliphatic rings. The number of carbonyl (C=O) groups is 1. The van der Waals surface area contributed by atoms with Crippen LogP contribution in [-0.4, -0.2) is 15.9 Å². The SMILES string of the molecule is Cc1ccc(CCl)cc1NC(=O)c1ccc(Nc2ncc(C)c(Cc3ccccc3)n2)cc1. The summed E-state index contributed by atoms with van der Waals surface area (Å²) in [6, 6.07) is 23.3. The first kappa shape index (κ1) is 22.5. The van der Waals surface area contributed by atoms with E-state index in [0.717, 1.165) is 40.2 Å². The number of hydrogen-bond donors (Lipinski definition) is 2. The summed E-state index contributed by atoms with van der Waals surface area (Å²) in [6.07, 6.45) is 2.57. The van der Waals surface area contributed by atoms with E-state index in [1.165, 1.54) is 5.56 Å². The normalized spacial score (nSPS) is 10.6. The van der Waals surface area contributed by atoms with Crippen molar-refractivity contribution in [2.75, 3.05) is 10.6 Å². The Bertz CT molecular complexity index is 1260. The van der Waals surface area contributed by atoms with Gasteiger partial charge in [0.05, 0.1) is 5.69 Å². The summed E-state index contributed by atoms with van der Waals surface area (Å²) in [5.74, 6) is 0.753. The number of halogens is 1. The second-order valence-corrected chi connectivity index (χ2v) is 8.19. The summed E-state index contributed by atoms with van der Waals surface area (Å²) < 4.78 is 0. The molecule has 0 radical (unpaired) electrons. The van der Waals surface area contributed by atoms with Crippen LogP contribution < -0.4 is 10.6 Å². The molecule has 0 unspecified atom stereocenters. The van der Waals surface area contributed by atoms with Crippen molar-refractivity contribution in [3.05, 3.63) is 113 Å². The van der Waals surface area contributed by atoms with E-state index < -0.39 is 0 Å². The molecule has 0 saturated heterocycles. The number of rotatable bonds is 7. The number of anilines is 3. The van der Waals surface area contributed by atoms with E-state index in [-0.39, 0.29) is 5.91 Å². The highest BCUT2D eigenvalue weighted by molar-refractivity contribution is 6.17. The third-order valence-electron chi connectivity index (χ3n) is 5.40. The minimum absolute atomic E-state index is 0.173. The van der Waals surface area contributed by atoms with Gasteiger partial charge in [-0.05, 0) is 66.4 Å². The molecular formula is C27H25ClN4O. The Labute approximate surface area is 198 Å². The zero-order valence-electron chi connectivity index (χ0n) is 18.6. The molecule has 3 aromatic carbocycles. The van der Waals surface area contributed by atoms with Gasteiger partial charge in [-0.3, -0.25) is 4.79 Å². The minimum Gasteiger partial charge on any atom is -0.324 e. The van der Waals surface area contributed by atoms with Crippen molar-refractivity contribution in [2.45, 2.75) is 26.1 Å². The van der Waals surface area contributed by atoms with Gasteiger partial charge in [-0.2, -0.15) is 0 Å². The van der Waals surface area contributed by atoms with Crippen LogP contribution in [-0.2, 0) is 12.3 Å². The topological polar surface area (TPSA) is 66.9 Å². The van der Waals surface area contributed by atoms with Crippen molar-refractivity contribution in [3.63, 3.8) is 0 Å². The van der Waals surface area contributed by atoms with Gasteiger partial charge in [0.15, 0.2) is 0 Å². The van der Waals surface area contributed by atoms with E-state index >= 15 is 0 Å². The maximum Gasteiger partial charge on any atom is 0.255 e. The Kier molecular flexibility index (Phi) is 7.01. The summed E-state index contributed by atoms with van der Waals surface area (Å²) in [6.45, 7) is 3.97. The number of carbonyl (C=O) groups excluding carboxylic acids is 1. The summed E-state index contributed by atoms with van der Waals surface area (Å²) >= 11 is 5.92. The molecule has 0 bridgehead atoms. The van der Waals surface area contributed by atoms with Gasteiger partial charge < -0.3 is 10.6 Å². The molecule has 0 atom stereocenters. The van der Waals surface area contributed by atoms with Crippen molar-refractivity contribution < 1.29 is 4.79 Å². The molecule has 4 aromatic rings. The fourth-order valence-corrected chi connectivity index (χ4v) is 3.59. The van der Waals surface area contributed by atoms with Crippen LogP contribution in [0.15, 0.2) is 79.0 Å². The van der Waals surface area contributed by atoms with Crippen LogP contribution in [0.3, 0.4) is 0 Å². The van der Waals surface area contributed by atoms with Crippen LogP contribution in [0.2, 0.25) is 0 Å². The quantitative estimate of drug-likeness (QED) is 0.315. The highest BCUT2D eigenvalue weighted by Gasteiger charge is 2.10. The number of hydrogen-bond acceptors (Lipinski definition) is 4. The van der Waals surface area contributed by atoms with E-state index in [1.54, 1.807) is 12.1 Å². The second kappa shape index (κ2) is 10.3. The standard InChI is InChI=1S/C27H25ClN4O/c1-18-8-9-21(16-28)15-24(18)31-26(33)22-10-12-23(13-11-22)30-27-29-17-19(2)25(32-27)14-20-6-4-3-5-7-20/h3-13,15,17H,14,16H2,1-2H3,(H,31,33)(H,29,30,32). The number of alkyl halides is 1. The van der Waals surface area contributed by atoms with Crippen LogP contribution in [0.25, 0.3) is 0 Å². The van der Waals surface area contributed by atoms with Crippen molar-refractivity contribution in [3.8, 4) is 0 Å².